The second kappa shape index (κ2) is 5.88. The van der Waals surface area contributed by atoms with E-state index in [9.17, 15) is 0 Å². The van der Waals surface area contributed by atoms with Crippen molar-refractivity contribution < 1.29 is 0 Å². The molecule has 0 aliphatic rings. The maximum Gasteiger partial charge on any atom is 0.194 e. The van der Waals surface area contributed by atoms with Crippen LogP contribution >= 0.6 is 11.3 Å². The molecule has 19 heavy (non-hydrogen) atoms. The first kappa shape index (κ1) is 14.3. The standard InChI is InChI=1S/C15H23N3S/c1-10(2)13(9-16-11(3)4)8-14-12(5)17-15-18(14)6-7-19-15/h6-8,10-11,16H,9H2,1-5H3. The molecular formula is C15H23N3S. The summed E-state index contributed by atoms with van der Waals surface area (Å²) in [6.07, 6.45) is 4.39. The largest absolute Gasteiger partial charge is 0.311 e. The number of hydrogen-bond donors (Lipinski definition) is 1. The zero-order valence-corrected chi connectivity index (χ0v) is 13.2. The number of nitrogens with one attached hydrogen (secondary N) is 1. The average Bonchev–Trinajstić information content (AvgIpc) is 2.85. The van der Waals surface area contributed by atoms with Crippen LogP contribution in [0.1, 0.15) is 39.1 Å². The predicted octanol–water partition coefficient (Wildman–Crippen LogP) is 3.74. The molecule has 104 valence electrons. The minimum Gasteiger partial charge on any atom is -0.311 e. The van der Waals surface area contributed by atoms with Gasteiger partial charge in [0.25, 0.3) is 0 Å². The highest BCUT2D eigenvalue weighted by molar-refractivity contribution is 7.15. The summed E-state index contributed by atoms with van der Waals surface area (Å²) in [5.74, 6) is 0.537. The first-order valence-corrected chi connectivity index (χ1v) is 7.73. The molecule has 0 spiro atoms. The minimum atomic E-state index is 0.509. The summed E-state index contributed by atoms with van der Waals surface area (Å²) in [5, 5.41) is 5.59. The van der Waals surface area contributed by atoms with Gasteiger partial charge in [0.1, 0.15) is 0 Å². The minimum absolute atomic E-state index is 0.509. The van der Waals surface area contributed by atoms with Crippen molar-refractivity contribution in [2.24, 2.45) is 5.92 Å². The number of fused-ring (bicyclic) bond motifs is 1. The molecule has 2 aromatic heterocycles. The third-order valence-electron chi connectivity index (χ3n) is 3.26. The molecule has 0 aromatic carbocycles. The van der Waals surface area contributed by atoms with Gasteiger partial charge in [-0.05, 0) is 18.9 Å². The van der Waals surface area contributed by atoms with Gasteiger partial charge >= 0.3 is 0 Å². The number of aryl methyl sites for hydroxylation is 1. The molecule has 0 radical (unpaired) electrons. The Kier molecular flexibility index (Phi) is 4.42. The van der Waals surface area contributed by atoms with Crippen LogP contribution in [-0.2, 0) is 0 Å². The van der Waals surface area contributed by atoms with E-state index in [4.69, 9.17) is 0 Å². The number of imidazole rings is 1. The molecule has 1 N–H and O–H groups in total. The third kappa shape index (κ3) is 3.25. The zero-order valence-electron chi connectivity index (χ0n) is 12.4. The Balaban J connectivity index is 2.34. The highest BCUT2D eigenvalue weighted by Gasteiger charge is 2.10. The van der Waals surface area contributed by atoms with Crippen LogP contribution in [0.3, 0.4) is 0 Å². The number of rotatable bonds is 5. The van der Waals surface area contributed by atoms with Gasteiger partial charge in [0.2, 0.25) is 0 Å². The number of aromatic nitrogens is 2. The summed E-state index contributed by atoms with van der Waals surface area (Å²) < 4.78 is 2.18. The van der Waals surface area contributed by atoms with Crippen molar-refractivity contribution in [3.63, 3.8) is 0 Å². The number of thiazole rings is 1. The molecule has 0 atom stereocenters. The first-order valence-electron chi connectivity index (χ1n) is 6.85. The number of hydrogen-bond acceptors (Lipinski definition) is 3. The average molecular weight is 277 g/mol. The van der Waals surface area contributed by atoms with Crippen LogP contribution in [0, 0.1) is 12.8 Å². The van der Waals surface area contributed by atoms with Gasteiger partial charge in [-0.15, -0.1) is 11.3 Å². The lowest BCUT2D eigenvalue weighted by molar-refractivity contribution is 0.593. The van der Waals surface area contributed by atoms with E-state index in [0.29, 0.717) is 12.0 Å². The highest BCUT2D eigenvalue weighted by atomic mass is 32.1. The van der Waals surface area contributed by atoms with Gasteiger partial charge < -0.3 is 5.32 Å². The van der Waals surface area contributed by atoms with Crippen LogP contribution in [0.4, 0.5) is 0 Å². The van der Waals surface area contributed by atoms with Crippen molar-refractivity contribution >= 4 is 22.4 Å². The van der Waals surface area contributed by atoms with Gasteiger partial charge in [0.05, 0.1) is 11.4 Å². The van der Waals surface area contributed by atoms with Crippen LogP contribution in [0.5, 0.6) is 0 Å². The van der Waals surface area contributed by atoms with Crippen LogP contribution in [-0.4, -0.2) is 22.0 Å². The van der Waals surface area contributed by atoms with E-state index in [-0.39, 0.29) is 0 Å². The molecule has 0 aliphatic heterocycles. The van der Waals surface area contributed by atoms with Gasteiger partial charge in [-0.2, -0.15) is 0 Å². The molecule has 2 aromatic rings. The van der Waals surface area contributed by atoms with E-state index < -0.39 is 0 Å². The molecule has 0 fully saturated rings. The zero-order chi connectivity index (χ0) is 14.0. The topological polar surface area (TPSA) is 29.3 Å². The maximum atomic E-state index is 4.60. The summed E-state index contributed by atoms with van der Waals surface area (Å²) in [4.78, 5) is 5.67. The Hall–Kier alpha value is -1.13. The molecule has 0 bridgehead atoms. The Morgan fingerprint density at radius 2 is 2.16 bits per heavy atom. The summed E-state index contributed by atoms with van der Waals surface area (Å²) in [7, 11) is 0. The van der Waals surface area contributed by atoms with Crippen molar-refractivity contribution in [2.45, 2.75) is 40.7 Å². The van der Waals surface area contributed by atoms with E-state index in [1.807, 2.05) is 0 Å². The van der Waals surface area contributed by atoms with Gasteiger partial charge in [-0.25, -0.2) is 4.98 Å². The fourth-order valence-electron chi connectivity index (χ4n) is 2.00. The van der Waals surface area contributed by atoms with Crippen LogP contribution < -0.4 is 5.32 Å². The predicted molar refractivity (Wildman–Crippen MR) is 83.8 cm³/mol. The molecule has 2 heterocycles. The summed E-state index contributed by atoms with van der Waals surface area (Å²) >= 11 is 1.68. The Morgan fingerprint density at radius 3 is 2.79 bits per heavy atom. The quantitative estimate of drug-likeness (QED) is 0.902. The molecule has 0 saturated carbocycles. The van der Waals surface area contributed by atoms with Gasteiger partial charge in [0.15, 0.2) is 4.96 Å². The molecule has 0 aliphatic carbocycles. The number of nitrogens with zero attached hydrogens (tertiary/aromatic N) is 2. The van der Waals surface area contributed by atoms with Crippen molar-refractivity contribution in [3.8, 4) is 0 Å². The van der Waals surface area contributed by atoms with E-state index in [1.54, 1.807) is 11.3 Å². The lowest BCUT2D eigenvalue weighted by atomic mass is 10.0. The third-order valence-corrected chi connectivity index (χ3v) is 4.02. The van der Waals surface area contributed by atoms with Crippen LogP contribution in [0.25, 0.3) is 11.0 Å². The fourth-order valence-corrected chi connectivity index (χ4v) is 2.77. The van der Waals surface area contributed by atoms with Gasteiger partial charge in [-0.1, -0.05) is 33.3 Å². The van der Waals surface area contributed by atoms with E-state index in [0.717, 1.165) is 17.2 Å². The molecule has 3 nitrogen and oxygen atoms in total. The maximum absolute atomic E-state index is 4.60. The molecule has 0 saturated heterocycles. The molecule has 2 rings (SSSR count). The molecule has 4 heteroatoms. The fraction of sp³-hybridized carbons (Fsp3) is 0.533. The van der Waals surface area contributed by atoms with E-state index >= 15 is 0 Å². The summed E-state index contributed by atoms with van der Waals surface area (Å²) in [5.41, 5.74) is 3.74. The van der Waals surface area contributed by atoms with Gasteiger partial charge in [0, 0.05) is 24.2 Å². The first-order chi connectivity index (χ1) is 8.99. The summed E-state index contributed by atoms with van der Waals surface area (Å²) in [6.45, 7) is 11.9. The second-order valence-electron chi connectivity index (χ2n) is 5.55. The monoisotopic (exact) mass is 277 g/mol. The lowest BCUT2D eigenvalue weighted by Crippen LogP contribution is -2.26. The molecule has 0 amide bonds. The summed E-state index contributed by atoms with van der Waals surface area (Å²) in [6, 6.07) is 0.509. The van der Waals surface area contributed by atoms with Gasteiger partial charge in [-0.3, -0.25) is 4.40 Å². The van der Waals surface area contributed by atoms with Crippen molar-refractivity contribution in [2.75, 3.05) is 6.54 Å². The van der Waals surface area contributed by atoms with Crippen molar-refractivity contribution in [3.05, 3.63) is 28.5 Å². The van der Waals surface area contributed by atoms with Crippen LogP contribution in [0.15, 0.2) is 17.2 Å². The second-order valence-corrected chi connectivity index (χ2v) is 6.42. The highest BCUT2D eigenvalue weighted by Crippen LogP contribution is 2.21. The smallest absolute Gasteiger partial charge is 0.194 e. The van der Waals surface area contributed by atoms with E-state index in [1.165, 1.54) is 11.3 Å². The molecule has 0 unspecified atom stereocenters. The normalized spacial score (nSPS) is 13.1. The van der Waals surface area contributed by atoms with Crippen LogP contribution in [0.2, 0.25) is 0 Å². The Bertz CT molecular complexity index is 575. The van der Waals surface area contributed by atoms with E-state index in [2.05, 4.69) is 67.0 Å². The van der Waals surface area contributed by atoms with Crippen molar-refractivity contribution in [1.82, 2.24) is 14.7 Å². The van der Waals surface area contributed by atoms with Crippen molar-refractivity contribution in [1.29, 1.82) is 0 Å². The lowest BCUT2D eigenvalue weighted by Gasteiger charge is -2.15. The Morgan fingerprint density at radius 1 is 1.42 bits per heavy atom. The SMILES string of the molecule is Cc1nc2sccn2c1C=C(CNC(C)C)C(C)C. The Labute approximate surface area is 119 Å². The molecular weight excluding hydrogens is 254 g/mol.